The minimum atomic E-state index is 0.110. The van der Waals surface area contributed by atoms with Gasteiger partial charge in [0.1, 0.15) is 11.6 Å². The highest BCUT2D eigenvalue weighted by atomic mass is 16.1. The quantitative estimate of drug-likeness (QED) is 0.550. The van der Waals surface area contributed by atoms with Crippen LogP contribution >= 0.6 is 0 Å². The normalized spacial score (nSPS) is 9.83. The van der Waals surface area contributed by atoms with E-state index in [0.717, 1.165) is 19.3 Å². The summed E-state index contributed by atoms with van der Waals surface area (Å²) in [6.45, 7) is 3.64. The van der Waals surface area contributed by atoms with Crippen molar-refractivity contribution in [2.24, 2.45) is 0 Å². The Hall–Kier alpha value is -0.660. The van der Waals surface area contributed by atoms with E-state index in [1.807, 2.05) is 0 Å². The summed E-state index contributed by atoms with van der Waals surface area (Å²) < 4.78 is 0. The van der Waals surface area contributed by atoms with Crippen molar-refractivity contribution in [2.75, 3.05) is 0 Å². The second kappa shape index (κ2) is 7.01. The van der Waals surface area contributed by atoms with E-state index in [9.17, 15) is 9.59 Å². The average Bonchev–Trinajstić information content (AvgIpc) is 2.01. The number of carbonyl (C=O) groups is 2. The predicted octanol–water partition coefficient (Wildman–Crippen LogP) is 2.51. The number of hydrogen-bond donors (Lipinski definition) is 0. The van der Waals surface area contributed by atoms with Gasteiger partial charge in [-0.2, -0.15) is 0 Å². The van der Waals surface area contributed by atoms with Gasteiger partial charge in [-0.3, -0.25) is 4.79 Å². The van der Waals surface area contributed by atoms with E-state index in [0.29, 0.717) is 19.3 Å². The molecule has 0 aliphatic carbocycles. The number of hydrogen-bond acceptors (Lipinski definition) is 2. The summed E-state index contributed by atoms with van der Waals surface area (Å²) in [6.07, 6.45) is 4.75. The second-order valence-corrected chi connectivity index (χ2v) is 3.20. The van der Waals surface area contributed by atoms with Crippen LogP contribution in [0.5, 0.6) is 0 Å². The van der Waals surface area contributed by atoms with E-state index in [4.69, 9.17) is 0 Å². The van der Waals surface area contributed by atoms with Crippen molar-refractivity contribution in [3.05, 3.63) is 0 Å². The third-order valence-electron chi connectivity index (χ3n) is 1.82. The molecule has 0 bridgehead atoms. The Balaban J connectivity index is 3.28. The van der Waals surface area contributed by atoms with Crippen LogP contribution in [-0.2, 0) is 9.59 Å². The van der Waals surface area contributed by atoms with Gasteiger partial charge in [0.2, 0.25) is 0 Å². The first-order valence-electron chi connectivity index (χ1n) is 4.68. The Morgan fingerprint density at radius 1 is 1.00 bits per heavy atom. The molecule has 0 spiro atoms. The van der Waals surface area contributed by atoms with Crippen molar-refractivity contribution in [3.63, 3.8) is 0 Å². The molecule has 0 atom stereocenters. The van der Waals surface area contributed by atoms with Gasteiger partial charge in [0.05, 0.1) is 0 Å². The summed E-state index contributed by atoms with van der Waals surface area (Å²) in [5.41, 5.74) is 0. The van der Waals surface area contributed by atoms with Gasteiger partial charge in [-0.1, -0.05) is 19.8 Å². The molecule has 2 heteroatoms. The Morgan fingerprint density at radius 3 is 2.17 bits per heavy atom. The molecule has 0 saturated heterocycles. The molecule has 0 aliphatic rings. The van der Waals surface area contributed by atoms with Crippen LogP contribution in [-0.4, -0.2) is 11.6 Å². The van der Waals surface area contributed by atoms with E-state index in [1.54, 1.807) is 0 Å². The maximum atomic E-state index is 11.1. The van der Waals surface area contributed by atoms with E-state index in [2.05, 4.69) is 6.92 Å². The van der Waals surface area contributed by atoms with Gasteiger partial charge in [0.15, 0.2) is 0 Å². The van der Waals surface area contributed by atoms with Gasteiger partial charge < -0.3 is 4.79 Å². The fourth-order valence-corrected chi connectivity index (χ4v) is 1.01. The van der Waals surface area contributed by atoms with Gasteiger partial charge in [-0.25, -0.2) is 0 Å². The standard InChI is InChI=1S/C10H18O2/c1-3-4-5-6-10(12)8-7-9(2)11/h3-8H2,1-2H3. The maximum Gasteiger partial charge on any atom is 0.133 e. The van der Waals surface area contributed by atoms with E-state index >= 15 is 0 Å². The minimum absolute atomic E-state index is 0.110. The van der Waals surface area contributed by atoms with Crippen molar-refractivity contribution >= 4 is 11.6 Å². The zero-order valence-corrected chi connectivity index (χ0v) is 8.06. The molecule has 0 amide bonds. The second-order valence-electron chi connectivity index (χ2n) is 3.20. The Bertz CT molecular complexity index is 150. The van der Waals surface area contributed by atoms with Gasteiger partial charge in [0.25, 0.3) is 0 Å². The monoisotopic (exact) mass is 170 g/mol. The molecule has 0 rings (SSSR count). The van der Waals surface area contributed by atoms with Crippen LogP contribution in [0.1, 0.15) is 52.4 Å². The molecular formula is C10H18O2. The van der Waals surface area contributed by atoms with Crippen molar-refractivity contribution < 1.29 is 9.59 Å². The molecule has 70 valence electrons. The molecule has 0 N–H and O–H groups in total. The Morgan fingerprint density at radius 2 is 1.67 bits per heavy atom. The Labute approximate surface area is 74.3 Å². The van der Waals surface area contributed by atoms with Gasteiger partial charge in [0, 0.05) is 19.3 Å². The first-order valence-corrected chi connectivity index (χ1v) is 4.68. The molecular weight excluding hydrogens is 152 g/mol. The van der Waals surface area contributed by atoms with Crippen LogP contribution in [0.3, 0.4) is 0 Å². The summed E-state index contributed by atoms with van der Waals surface area (Å²) in [7, 11) is 0. The molecule has 0 heterocycles. The van der Waals surface area contributed by atoms with Crippen LogP contribution in [0.2, 0.25) is 0 Å². The molecule has 0 fully saturated rings. The van der Waals surface area contributed by atoms with Gasteiger partial charge in [-0.05, 0) is 13.3 Å². The average molecular weight is 170 g/mol. The molecule has 0 radical (unpaired) electrons. The van der Waals surface area contributed by atoms with E-state index < -0.39 is 0 Å². The fourth-order valence-electron chi connectivity index (χ4n) is 1.01. The maximum absolute atomic E-state index is 11.1. The predicted molar refractivity (Wildman–Crippen MR) is 49.1 cm³/mol. The van der Waals surface area contributed by atoms with Crippen LogP contribution in [0.15, 0.2) is 0 Å². The molecule has 0 aromatic carbocycles. The molecule has 2 nitrogen and oxygen atoms in total. The summed E-state index contributed by atoms with van der Waals surface area (Å²) in [4.78, 5) is 21.6. The summed E-state index contributed by atoms with van der Waals surface area (Å²) in [5.74, 6) is 0.345. The first-order chi connectivity index (χ1) is 5.66. The number of unbranched alkanes of at least 4 members (excludes halogenated alkanes) is 2. The molecule has 0 aromatic rings. The first kappa shape index (κ1) is 11.3. The summed E-state index contributed by atoms with van der Waals surface area (Å²) in [5, 5.41) is 0. The highest BCUT2D eigenvalue weighted by molar-refractivity contribution is 5.84. The van der Waals surface area contributed by atoms with Crippen molar-refractivity contribution in [1.82, 2.24) is 0 Å². The van der Waals surface area contributed by atoms with Crippen LogP contribution in [0, 0.1) is 0 Å². The van der Waals surface area contributed by atoms with E-state index in [1.165, 1.54) is 6.92 Å². The molecule has 0 unspecified atom stereocenters. The van der Waals surface area contributed by atoms with Gasteiger partial charge in [-0.15, -0.1) is 0 Å². The summed E-state index contributed by atoms with van der Waals surface area (Å²) in [6, 6.07) is 0. The van der Waals surface area contributed by atoms with Gasteiger partial charge >= 0.3 is 0 Å². The lowest BCUT2D eigenvalue weighted by molar-refractivity contribution is -0.123. The highest BCUT2D eigenvalue weighted by Gasteiger charge is 2.02. The topological polar surface area (TPSA) is 34.1 Å². The van der Waals surface area contributed by atoms with E-state index in [-0.39, 0.29) is 11.6 Å². The summed E-state index contributed by atoms with van der Waals surface area (Å²) >= 11 is 0. The molecule has 0 aromatic heterocycles. The van der Waals surface area contributed by atoms with Crippen LogP contribution in [0.4, 0.5) is 0 Å². The third-order valence-corrected chi connectivity index (χ3v) is 1.82. The molecule has 12 heavy (non-hydrogen) atoms. The minimum Gasteiger partial charge on any atom is -0.300 e. The smallest absolute Gasteiger partial charge is 0.133 e. The Kier molecular flexibility index (Phi) is 6.63. The number of carbonyl (C=O) groups excluding carboxylic acids is 2. The molecule has 0 saturated carbocycles. The van der Waals surface area contributed by atoms with Crippen molar-refractivity contribution in [3.8, 4) is 0 Å². The lowest BCUT2D eigenvalue weighted by atomic mass is 10.1. The highest BCUT2D eigenvalue weighted by Crippen LogP contribution is 2.03. The SMILES string of the molecule is CCCCCC(=O)CCC(C)=O. The largest absolute Gasteiger partial charge is 0.300 e. The third kappa shape index (κ3) is 7.45. The lowest BCUT2D eigenvalue weighted by Gasteiger charge is -1.97. The van der Waals surface area contributed by atoms with Crippen LogP contribution < -0.4 is 0 Å². The lowest BCUT2D eigenvalue weighted by Crippen LogP contribution is -2.00. The molecule has 0 aliphatic heterocycles. The zero-order valence-electron chi connectivity index (χ0n) is 8.06. The number of ketones is 2. The number of rotatable bonds is 7. The van der Waals surface area contributed by atoms with Crippen molar-refractivity contribution in [2.45, 2.75) is 52.4 Å². The fraction of sp³-hybridized carbons (Fsp3) is 0.800. The van der Waals surface area contributed by atoms with Crippen molar-refractivity contribution in [1.29, 1.82) is 0 Å². The van der Waals surface area contributed by atoms with Crippen LogP contribution in [0.25, 0.3) is 0 Å². The zero-order chi connectivity index (χ0) is 9.40. The number of Topliss-reactive ketones (excluding diaryl/α,β-unsaturated/α-hetero) is 2.